The summed E-state index contributed by atoms with van der Waals surface area (Å²) in [4.78, 5) is 32.4. The van der Waals surface area contributed by atoms with Crippen LogP contribution in [0.5, 0.6) is 28.7 Å². The summed E-state index contributed by atoms with van der Waals surface area (Å²) in [6.45, 7) is 6.94. The van der Waals surface area contributed by atoms with Gasteiger partial charge in [-0.1, -0.05) is 18.2 Å². The highest BCUT2D eigenvalue weighted by Gasteiger charge is 2.72. The van der Waals surface area contributed by atoms with Crippen molar-refractivity contribution in [1.82, 2.24) is 15.1 Å². The lowest BCUT2D eigenvalue weighted by molar-refractivity contribution is -0.196. The van der Waals surface area contributed by atoms with Crippen molar-refractivity contribution in [2.45, 2.75) is 86.8 Å². The van der Waals surface area contributed by atoms with Crippen molar-refractivity contribution in [3.63, 3.8) is 0 Å². The van der Waals surface area contributed by atoms with Gasteiger partial charge in [0.2, 0.25) is 6.79 Å². The number of fused-ring (bicyclic) bond motifs is 11. The van der Waals surface area contributed by atoms with Crippen molar-refractivity contribution < 1.29 is 53.0 Å². The summed E-state index contributed by atoms with van der Waals surface area (Å²) >= 11 is 1.45. The van der Waals surface area contributed by atoms with Crippen LogP contribution >= 0.6 is 11.8 Å². The number of piperazine rings is 1. The van der Waals surface area contributed by atoms with Crippen LogP contribution in [-0.4, -0.2) is 94.3 Å². The Morgan fingerprint density at radius 2 is 1.89 bits per heavy atom. The fourth-order valence-electron chi connectivity index (χ4n) is 11.7. The molecule has 8 atom stereocenters. The average molecular weight is 798 g/mol. The summed E-state index contributed by atoms with van der Waals surface area (Å²) in [6.07, 6.45) is 0.740. The number of benzene rings is 3. The van der Waals surface area contributed by atoms with Crippen molar-refractivity contribution in [3.8, 4) is 28.7 Å². The number of phenols is 1. The van der Waals surface area contributed by atoms with Gasteiger partial charge >= 0.3 is 11.9 Å². The predicted octanol–water partition coefficient (Wildman–Crippen LogP) is 4.25. The zero-order valence-electron chi connectivity index (χ0n) is 32.1. The predicted molar refractivity (Wildman–Crippen MR) is 205 cm³/mol. The second-order valence-corrected chi connectivity index (χ2v) is 17.9. The Balaban J connectivity index is 1.19. The number of nitrogens with zero attached hydrogens (tertiary/aromatic N) is 2. The van der Waals surface area contributed by atoms with Gasteiger partial charge in [-0.05, 0) is 50.5 Å². The van der Waals surface area contributed by atoms with E-state index in [-0.39, 0.29) is 38.1 Å². The normalized spacial score (nSPS) is 33.2. The van der Waals surface area contributed by atoms with Crippen molar-refractivity contribution in [2.75, 3.05) is 39.4 Å². The van der Waals surface area contributed by atoms with Crippen LogP contribution in [-0.2, 0) is 31.8 Å². The molecule has 8 aliphatic heterocycles. The standard InChI is InChI=1S/C42H43N3O11S/c1-18-10-24-27(32(48)33(18)51-5)30-31-37-29-28(36-35(53-17-54-36)19(2)34(29)55-20(3)47)25(45(31)41(50)14-40(24,4)44(30)15-41)13-52-39(49)42(16-57-37)38-23(11-21(12-46)43-42)22-8-6-7-9-26(22)56-38/h6-10,21,25,30-31,37,43,46,48,50H,11-17H2,1-5H3/t21-,25-,30?,31+,37+,40?,41?,42+/m0/s1. The highest BCUT2D eigenvalue weighted by atomic mass is 32.2. The number of nitrogens with one attached hydrogen (secondary N) is 1. The van der Waals surface area contributed by atoms with Crippen LogP contribution in [0.3, 0.4) is 0 Å². The first-order valence-corrected chi connectivity index (χ1v) is 20.4. The maximum atomic E-state index is 15.0. The number of carbonyl (C=O) groups excluding carboxylic acids is 2. The van der Waals surface area contributed by atoms with Gasteiger partial charge in [0.15, 0.2) is 28.5 Å². The molecule has 4 aromatic rings. The third-order valence-electron chi connectivity index (χ3n) is 13.7. The van der Waals surface area contributed by atoms with E-state index in [1.807, 2.05) is 38.1 Å². The minimum absolute atomic E-state index is 0.0494. The van der Waals surface area contributed by atoms with Gasteiger partial charge in [-0.3, -0.25) is 19.9 Å². The topological polar surface area (TPSA) is 173 Å². The van der Waals surface area contributed by atoms with Gasteiger partial charge in [-0.15, -0.1) is 11.8 Å². The minimum atomic E-state index is -1.53. The molecule has 12 rings (SSSR count). The number of ether oxygens (including phenoxy) is 5. The highest BCUT2D eigenvalue weighted by molar-refractivity contribution is 7.99. The van der Waals surface area contributed by atoms with Gasteiger partial charge < -0.3 is 43.4 Å². The van der Waals surface area contributed by atoms with E-state index in [0.29, 0.717) is 63.9 Å². The summed E-state index contributed by atoms with van der Waals surface area (Å²) in [7, 11) is 1.55. The molecule has 9 heterocycles. The van der Waals surface area contributed by atoms with E-state index >= 15 is 0 Å². The molecule has 4 N–H and O–H groups in total. The second-order valence-electron chi connectivity index (χ2n) is 16.8. The van der Waals surface area contributed by atoms with E-state index in [9.17, 15) is 24.9 Å². The summed E-state index contributed by atoms with van der Waals surface area (Å²) < 4.78 is 37.3. The van der Waals surface area contributed by atoms with Crippen molar-refractivity contribution >= 4 is 34.7 Å². The fraction of sp³-hybridized carbons (Fsp3) is 0.476. The molecule has 3 saturated heterocycles. The summed E-state index contributed by atoms with van der Waals surface area (Å²) in [5.41, 5.74) is 2.13. The lowest BCUT2D eigenvalue weighted by atomic mass is 9.75. The second kappa shape index (κ2) is 11.8. The zero-order chi connectivity index (χ0) is 39.5. The monoisotopic (exact) mass is 797 g/mol. The van der Waals surface area contributed by atoms with Gasteiger partial charge in [-0.25, -0.2) is 4.79 Å². The molecule has 0 amide bonds. The summed E-state index contributed by atoms with van der Waals surface area (Å²) in [5.74, 6) is 1.05. The number of aryl methyl sites for hydroxylation is 1. The number of aliphatic hydroxyl groups is 2. The molecule has 1 spiro atoms. The number of methoxy groups -OCH3 is 1. The molecule has 4 bridgehead atoms. The molecule has 0 saturated carbocycles. The van der Waals surface area contributed by atoms with Crippen LogP contribution in [0.2, 0.25) is 0 Å². The highest BCUT2D eigenvalue weighted by Crippen LogP contribution is 2.71. The number of thioether (sulfide) groups is 1. The van der Waals surface area contributed by atoms with Crippen LogP contribution in [0.4, 0.5) is 0 Å². The number of aliphatic hydroxyl groups excluding tert-OH is 1. The first-order valence-electron chi connectivity index (χ1n) is 19.4. The summed E-state index contributed by atoms with van der Waals surface area (Å²) in [5, 5.41) is 39.7. The van der Waals surface area contributed by atoms with Crippen LogP contribution in [0, 0.1) is 13.8 Å². The van der Waals surface area contributed by atoms with Crippen molar-refractivity contribution in [1.29, 1.82) is 0 Å². The molecule has 15 heteroatoms. The number of para-hydroxylation sites is 1. The third-order valence-corrected chi connectivity index (χ3v) is 15.2. The minimum Gasteiger partial charge on any atom is -0.504 e. The van der Waals surface area contributed by atoms with Crippen LogP contribution < -0.4 is 24.3 Å². The SMILES string of the molecule is COc1c(C)cc2c(c1O)C1[C@@H]3[C@@H]4SC[C@]5(N[C@H](CO)Cc6c5oc5ccccc65)C(=O)OC[C@@H](c5c6c(c(C)c(OC(C)=O)c54)OCO6)N3C3(O)CN1C2(C)C3. The molecule has 1 aromatic heterocycles. The van der Waals surface area contributed by atoms with Gasteiger partial charge in [0.1, 0.15) is 29.4 Å². The largest absolute Gasteiger partial charge is 0.504 e. The molecule has 0 aliphatic carbocycles. The third kappa shape index (κ3) is 4.39. The molecular weight excluding hydrogens is 755 g/mol. The molecule has 3 unspecified atom stereocenters. The summed E-state index contributed by atoms with van der Waals surface area (Å²) in [6, 6.07) is 7.33. The Bertz CT molecular complexity index is 2470. The maximum absolute atomic E-state index is 15.0. The fourth-order valence-corrected chi connectivity index (χ4v) is 13.3. The van der Waals surface area contributed by atoms with Gasteiger partial charge in [-0.2, -0.15) is 0 Å². The molecule has 3 aromatic carbocycles. The van der Waals surface area contributed by atoms with E-state index < -0.39 is 58.2 Å². The Morgan fingerprint density at radius 3 is 2.67 bits per heavy atom. The first kappa shape index (κ1) is 35.6. The van der Waals surface area contributed by atoms with E-state index in [4.69, 9.17) is 28.1 Å². The average Bonchev–Trinajstić information content (AvgIpc) is 3.93. The molecule has 14 nitrogen and oxygen atoms in total. The number of aromatic hydroxyl groups is 1. The van der Waals surface area contributed by atoms with Gasteiger partial charge in [0.25, 0.3) is 0 Å². The smallest absolute Gasteiger partial charge is 0.335 e. The van der Waals surface area contributed by atoms with E-state index in [1.165, 1.54) is 18.7 Å². The maximum Gasteiger partial charge on any atom is 0.335 e. The Labute approximate surface area is 331 Å². The number of carbonyl (C=O) groups is 2. The van der Waals surface area contributed by atoms with Crippen LogP contribution in [0.15, 0.2) is 34.7 Å². The molecule has 0 radical (unpaired) electrons. The van der Waals surface area contributed by atoms with Crippen LogP contribution in [0.1, 0.15) is 82.3 Å². The number of esters is 2. The van der Waals surface area contributed by atoms with E-state index in [2.05, 4.69) is 28.1 Å². The van der Waals surface area contributed by atoms with Gasteiger partial charge in [0, 0.05) is 76.5 Å². The molecule has 8 aliphatic rings. The first-order chi connectivity index (χ1) is 27.3. The number of rotatable bonds is 3. The molecular formula is C42H43N3O11S. The number of phenolic OH excluding ortho intramolecular Hbond substituents is 1. The van der Waals surface area contributed by atoms with Crippen LogP contribution in [0.25, 0.3) is 11.0 Å². The van der Waals surface area contributed by atoms with E-state index in [0.717, 1.165) is 27.6 Å². The van der Waals surface area contributed by atoms with Crippen molar-refractivity contribution in [2.24, 2.45) is 0 Å². The Kier molecular flexibility index (Phi) is 7.37. The lowest BCUT2D eigenvalue weighted by Gasteiger charge is -2.59. The lowest BCUT2D eigenvalue weighted by Crippen LogP contribution is -2.67. The Morgan fingerprint density at radius 1 is 1.11 bits per heavy atom. The number of hydrogen-bond acceptors (Lipinski definition) is 15. The Hall–Kier alpha value is -4.51. The molecule has 57 heavy (non-hydrogen) atoms. The quantitative estimate of drug-likeness (QED) is 0.171. The van der Waals surface area contributed by atoms with Crippen molar-refractivity contribution in [3.05, 3.63) is 75.0 Å². The zero-order valence-corrected chi connectivity index (χ0v) is 33.0. The number of hydrogen-bond donors (Lipinski definition) is 4. The van der Waals surface area contributed by atoms with Gasteiger partial charge in [0.05, 0.1) is 31.1 Å². The number of furan rings is 1. The molecule has 3 fully saturated rings. The van der Waals surface area contributed by atoms with E-state index in [1.54, 1.807) is 7.11 Å². The molecule has 298 valence electrons.